The lowest BCUT2D eigenvalue weighted by atomic mass is 10.0. The fraction of sp³-hybridized carbons (Fsp3) is 0. The van der Waals surface area contributed by atoms with Crippen LogP contribution in [0.15, 0.2) is 48.5 Å². The predicted octanol–water partition coefficient (Wildman–Crippen LogP) is 4.88. The van der Waals surface area contributed by atoms with Crippen LogP contribution >= 0.6 is 23.2 Å². The molecule has 0 saturated carbocycles. The molecule has 0 radical (unpaired) electrons. The van der Waals surface area contributed by atoms with E-state index >= 15 is 0 Å². The van der Waals surface area contributed by atoms with Crippen LogP contribution in [0.1, 0.15) is 11.1 Å². The summed E-state index contributed by atoms with van der Waals surface area (Å²) >= 11 is 12.0. The number of rotatable bonds is 3. The molecule has 4 nitrogen and oxygen atoms in total. The molecule has 104 valence electrons. The molecule has 0 spiro atoms. The fourth-order valence-corrected chi connectivity index (χ4v) is 2.30. The van der Waals surface area contributed by atoms with Crippen LogP contribution in [0.2, 0.25) is 5.02 Å². The molecular weight excluding hydrogens is 311 g/mol. The van der Waals surface area contributed by atoms with Crippen LogP contribution in [0.25, 0.3) is 10.6 Å². The van der Waals surface area contributed by atoms with Gasteiger partial charge in [0.15, 0.2) is 0 Å². The Balaban J connectivity index is 2.68. The van der Waals surface area contributed by atoms with Crippen molar-refractivity contribution in [1.29, 1.82) is 5.26 Å². The molecular formula is C15H8Cl2N2O2. The molecule has 0 aliphatic heterocycles. The van der Waals surface area contributed by atoms with Crippen molar-refractivity contribution in [1.82, 2.24) is 0 Å². The Kier molecular flexibility index (Phi) is 4.59. The highest BCUT2D eigenvalue weighted by Crippen LogP contribution is 2.35. The van der Waals surface area contributed by atoms with Gasteiger partial charge in [-0.15, -0.1) is 0 Å². The second-order valence-corrected chi connectivity index (χ2v) is 4.90. The lowest BCUT2D eigenvalue weighted by Gasteiger charge is -2.06. The van der Waals surface area contributed by atoms with E-state index in [0.717, 1.165) is 0 Å². The van der Waals surface area contributed by atoms with Crippen LogP contribution < -0.4 is 0 Å². The van der Waals surface area contributed by atoms with E-state index in [4.69, 9.17) is 23.2 Å². The first kappa shape index (κ1) is 15.0. The zero-order chi connectivity index (χ0) is 15.4. The maximum absolute atomic E-state index is 11.1. The zero-order valence-electron chi connectivity index (χ0n) is 10.6. The van der Waals surface area contributed by atoms with E-state index in [9.17, 15) is 15.4 Å². The summed E-state index contributed by atoms with van der Waals surface area (Å²) in [6.45, 7) is 0. The second-order valence-electron chi connectivity index (χ2n) is 4.09. The van der Waals surface area contributed by atoms with Gasteiger partial charge < -0.3 is 0 Å². The van der Waals surface area contributed by atoms with E-state index in [1.165, 1.54) is 18.2 Å². The summed E-state index contributed by atoms with van der Waals surface area (Å²) in [5.74, 6) is 0. The summed E-state index contributed by atoms with van der Waals surface area (Å²) in [7, 11) is 0. The van der Waals surface area contributed by atoms with Gasteiger partial charge in [-0.2, -0.15) is 5.26 Å². The minimum Gasteiger partial charge on any atom is -0.258 e. The smallest absolute Gasteiger partial charge is 0.258 e. The molecule has 2 rings (SSSR count). The van der Waals surface area contributed by atoms with Crippen LogP contribution in [-0.2, 0) is 0 Å². The van der Waals surface area contributed by atoms with Crippen LogP contribution in [0.5, 0.6) is 0 Å². The van der Waals surface area contributed by atoms with Crippen molar-refractivity contribution in [2.24, 2.45) is 0 Å². The molecule has 0 aromatic heterocycles. The third kappa shape index (κ3) is 3.22. The molecule has 0 aliphatic rings. The highest BCUT2D eigenvalue weighted by molar-refractivity contribution is 6.53. The summed E-state index contributed by atoms with van der Waals surface area (Å²) in [4.78, 5) is 10.5. The molecule has 0 aliphatic carbocycles. The number of nitro benzene ring substituents is 1. The summed E-state index contributed by atoms with van der Waals surface area (Å²) in [5.41, 5.74) is 0.680. The number of halogens is 2. The van der Waals surface area contributed by atoms with E-state index in [1.807, 2.05) is 6.07 Å². The lowest BCUT2D eigenvalue weighted by Crippen LogP contribution is -1.94. The SMILES string of the molecule is N#CC(=C(Cl)c1ccc(Cl)cc1[N+](=O)[O-])c1ccccc1. The van der Waals surface area contributed by atoms with Crippen molar-refractivity contribution < 1.29 is 4.92 Å². The highest BCUT2D eigenvalue weighted by atomic mass is 35.5. The molecule has 2 aromatic rings. The van der Waals surface area contributed by atoms with Gasteiger partial charge in [0.25, 0.3) is 5.69 Å². The van der Waals surface area contributed by atoms with Crippen molar-refractivity contribution in [2.75, 3.05) is 0 Å². The van der Waals surface area contributed by atoms with Gasteiger partial charge in [0.2, 0.25) is 0 Å². The van der Waals surface area contributed by atoms with E-state index in [2.05, 4.69) is 0 Å². The lowest BCUT2D eigenvalue weighted by molar-refractivity contribution is -0.385. The Labute approximate surface area is 131 Å². The highest BCUT2D eigenvalue weighted by Gasteiger charge is 2.20. The molecule has 0 bridgehead atoms. The molecule has 0 N–H and O–H groups in total. The Morgan fingerprint density at radius 2 is 1.86 bits per heavy atom. The van der Waals surface area contributed by atoms with Crippen molar-refractivity contribution in [3.8, 4) is 6.07 Å². The third-order valence-electron chi connectivity index (χ3n) is 2.79. The maximum atomic E-state index is 11.1. The summed E-state index contributed by atoms with van der Waals surface area (Å²) < 4.78 is 0. The Hall–Kier alpha value is -2.35. The number of benzene rings is 2. The normalized spacial score (nSPS) is 11.5. The minimum absolute atomic E-state index is 0.0204. The first-order chi connectivity index (χ1) is 10.0. The predicted molar refractivity (Wildman–Crippen MR) is 82.8 cm³/mol. The van der Waals surface area contributed by atoms with Gasteiger partial charge in [0, 0.05) is 11.1 Å². The molecule has 0 saturated heterocycles. The van der Waals surface area contributed by atoms with Crippen molar-refractivity contribution in [2.45, 2.75) is 0 Å². The van der Waals surface area contributed by atoms with Gasteiger partial charge in [-0.25, -0.2) is 0 Å². The number of nitriles is 1. The Morgan fingerprint density at radius 3 is 2.43 bits per heavy atom. The molecule has 0 unspecified atom stereocenters. The number of hydrogen-bond acceptors (Lipinski definition) is 3. The molecule has 0 amide bonds. The van der Waals surface area contributed by atoms with E-state index in [0.29, 0.717) is 5.56 Å². The minimum atomic E-state index is -0.580. The van der Waals surface area contributed by atoms with Crippen molar-refractivity contribution in [3.63, 3.8) is 0 Å². The number of hydrogen-bond donors (Lipinski definition) is 0. The van der Waals surface area contributed by atoms with Gasteiger partial charge in [-0.3, -0.25) is 10.1 Å². The van der Waals surface area contributed by atoms with Crippen LogP contribution in [0, 0.1) is 21.4 Å². The molecule has 21 heavy (non-hydrogen) atoms. The van der Waals surface area contributed by atoms with Crippen LogP contribution in [-0.4, -0.2) is 4.92 Å². The second kappa shape index (κ2) is 6.40. The van der Waals surface area contributed by atoms with Gasteiger partial charge in [-0.1, -0.05) is 53.5 Å². The van der Waals surface area contributed by atoms with E-state index < -0.39 is 4.92 Å². The van der Waals surface area contributed by atoms with Gasteiger partial charge in [0.05, 0.1) is 21.1 Å². The monoisotopic (exact) mass is 318 g/mol. The Morgan fingerprint density at radius 1 is 1.19 bits per heavy atom. The number of nitro groups is 1. The summed E-state index contributed by atoms with van der Waals surface area (Å²) in [6, 6.07) is 14.9. The first-order valence-electron chi connectivity index (χ1n) is 5.84. The van der Waals surface area contributed by atoms with Crippen molar-refractivity contribution >= 4 is 39.5 Å². The largest absolute Gasteiger partial charge is 0.279 e. The molecule has 0 heterocycles. The average molecular weight is 319 g/mol. The summed E-state index contributed by atoms with van der Waals surface area (Å²) in [6.07, 6.45) is 0. The maximum Gasteiger partial charge on any atom is 0.279 e. The fourth-order valence-electron chi connectivity index (χ4n) is 1.82. The van der Waals surface area contributed by atoms with Gasteiger partial charge >= 0.3 is 0 Å². The number of nitrogens with zero attached hydrogens (tertiary/aromatic N) is 2. The zero-order valence-corrected chi connectivity index (χ0v) is 12.1. The van der Waals surface area contributed by atoms with E-state index in [-0.39, 0.29) is 26.9 Å². The molecule has 0 fully saturated rings. The first-order valence-corrected chi connectivity index (χ1v) is 6.59. The third-order valence-corrected chi connectivity index (χ3v) is 3.41. The van der Waals surface area contributed by atoms with E-state index in [1.54, 1.807) is 30.3 Å². The van der Waals surface area contributed by atoms with Crippen molar-refractivity contribution in [3.05, 3.63) is 74.8 Å². The van der Waals surface area contributed by atoms with Crippen LogP contribution in [0.3, 0.4) is 0 Å². The average Bonchev–Trinajstić information content (AvgIpc) is 2.48. The Bertz CT molecular complexity index is 765. The van der Waals surface area contributed by atoms with Gasteiger partial charge in [0.1, 0.15) is 6.07 Å². The quantitative estimate of drug-likeness (QED) is 0.350. The molecule has 6 heteroatoms. The van der Waals surface area contributed by atoms with Crippen LogP contribution in [0.4, 0.5) is 5.69 Å². The standard InChI is InChI=1S/C15H8Cl2N2O2/c16-11-6-7-12(14(8-11)19(20)21)15(17)13(9-18)10-4-2-1-3-5-10/h1-8H. The van der Waals surface area contributed by atoms with Gasteiger partial charge in [-0.05, 0) is 17.7 Å². The topological polar surface area (TPSA) is 66.9 Å². The summed E-state index contributed by atoms with van der Waals surface area (Å²) in [5, 5.41) is 20.7. The number of allylic oxidation sites excluding steroid dienone is 1. The molecule has 0 atom stereocenters. The molecule has 2 aromatic carbocycles.